The molecule has 0 saturated heterocycles. The molecule has 0 atom stereocenters. The van der Waals surface area contributed by atoms with Crippen LogP contribution in [-0.4, -0.2) is 34.8 Å². The Morgan fingerprint density at radius 2 is 1.95 bits per heavy atom. The van der Waals surface area contributed by atoms with E-state index >= 15 is 0 Å². The van der Waals surface area contributed by atoms with E-state index in [4.69, 9.17) is 12.6 Å². The van der Waals surface area contributed by atoms with Crippen LogP contribution in [0.5, 0.6) is 0 Å². The van der Waals surface area contributed by atoms with E-state index in [0.29, 0.717) is 10.9 Å². The zero-order valence-electron chi connectivity index (χ0n) is 11.6. The number of nitrogens with zero attached hydrogens (tertiary/aromatic N) is 3. The van der Waals surface area contributed by atoms with Crippen LogP contribution < -0.4 is 5.32 Å². The van der Waals surface area contributed by atoms with Crippen molar-refractivity contribution in [3.63, 3.8) is 0 Å². The van der Waals surface area contributed by atoms with Crippen molar-refractivity contribution in [3.8, 4) is 0 Å². The van der Waals surface area contributed by atoms with Gasteiger partial charge in [-0.25, -0.2) is 0 Å². The maximum atomic E-state index is 11.8. The number of rotatable bonds is 3. The van der Waals surface area contributed by atoms with E-state index in [-0.39, 0.29) is 5.91 Å². The summed E-state index contributed by atoms with van der Waals surface area (Å²) in [5.74, 6) is -0.243. The van der Waals surface area contributed by atoms with Crippen LogP contribution >= 0.6 is 10.1 Å². The van der Waals surface area contributed by atoms with Crippen LogP contribution in [0, 0.1) is 0 Å². The first-order valence-electron chi connectivity index (χ1n) is 6.27. The molecule has 0 bridgehead atoms. The fraction of sp³-hybridized carbons (Fsp3) is 0.308. The first-order valence-corrected chi connectivity index (χ1v) is 7.97. The second kappa shape index (κ2) is 9.00. The van der Waals surface area contributed by atoms with E-state index in [0.717, 1.165) is 24.3 Å². The van der Waals surface area contributed by atoms with Crippen LogP contribution in [0.25, 0.3) is 0 Å². The zero-order valence-corrected chi connectivity index (χ0v) is 14.1. The molecular weight excluding hydrogens is 359 g/mol. The van der Waals surface area contributed by atoms with Crippen molar-refractivity contribution in [2.75, 3.05) is 18.4 Å². The van der Waals surface area contributed by atoms with E-state index in [9.17, 15) is 4.79 Å². The van der Waals surface area contributed by atoms with Gasteiger partial charge in [-0.05, 0) is 19.9 Å². The van der Waals surface area contributed by atoms with Gasteiger partial charge in [-0.2, -0.15) is 5.10 Å². The summed E-state index contributed by atoms with van der Waals surface area (Å²) in [4.78, 5) is 13.7. The van der Waals surface area contributed by atoms with Gasteiger partial charge >= 0.3 is 25.2 Å². The molecule has 0 radical (unpaired) electrons. The van der Waals surface area contributed by atoms with Gasteiger partial charge in [0, 0.05) is 23.8 Å². The molecule has 0 spiro atoms. The second-order valence-electron chi connectivity index (χ2n) is 4.00. The molecule has 1 aliphatic heterocycles. The first-order chi connectivity index (χ1) is 10.2. The van der Waals surface area contributed by atoms with E-state index in [1.807, 2.05) is 43.0 Å². The van der Waals surface area contributed by atoms with Gasteiger partial charge in [-0.3, -0.25) is 4.79 Å². The number of amides is 1. The van der Waals surface area contributed by atoms with Gasteiger partial charge in [0.15, 0.2) is 5.71 Å². The number of benzene rings is 1. The van der Waals surface area contributed by atoms with Crippen molar-refractivity contribution < 1.29 is 19.9 Å². The average molecular weight is 374 g/mol. The fourth-order valence-electron chi connectivity index (χ4n) is 1.85. The number of nitrogens with one attached hydrogen (secondary N) is 1. The van der Waals surface area contributed by atoms with E-state index in [2.05, 4.69) is 40.7 Å². The van der Waals surface area contributed by atoms with Crippen molar-refractivity contribution in [2.24, 2.45) is 10.2 Å². The fourth-order valence-corrected chi connectivity index (χ4v) is 2.15. The van der Waals surface area contributed by atoms with Gasteiger partial charge in [0.2, 0.25) is 0 Å². The normalized spacial score (nSPS) is 15.2. The van der Waals surface area contributed by atoms with Crippen LogP contribution in [0.4, 0.5) is 5.69 Å². The van der Waals surface area contributed by atoms with Crippen molar-refractivity contribution >= 4 is 45.2 Å². The predicted molar refractivity (Wildman–Crippen MR) is 85.2 cm³/mol. The number of hydrogen-bond acceptors (Lipinski definition) is 4. The monoisotopic (exact) mass is 373 g/mol. The molecule has 0 fully saturated rings. The first kappa shape index (κ1) is 17.9. The molecule has 117 valence electrons. The Morgan fingerprint density at radius 3 is 2.57 bits per heavy atom. The Morgan fingerprint density at radius 1 is 1.33 bits per heavy atom. The molecule has 0 unspecified atom stereocenters. The van der Waals surface area contributed by atoms with Crippen molar-refractivity contribution in [2.45, 2.75) is 13.8 Å². The summed E-state index contributed by atoms with van der Waals surface area (Å²) in [6.07, 6.45) is 0. The number of para-hydroxylation sites is 1. The van der Waals surface area contributed by atoms with Crippen molar-refractivity contribution in [1.82, 2.24) is 4.90 Å². The summed E-state index contributed by atoms with van der Waals surface area (Å²) in [5, 5.41) is 11.1. The quantitative estimate of drug-likeness (QED) is 0.290. The molecule has 1 aromatic carbocycles. The molecular formula is C13H15ClCuN4OS. The minimum atomic E-state index is -0.243. The third-order valence-corrected chi connectivity index (χ3v) is 3.25. The Hall–Kier alpha value is -1.14. The van der Waals surface area contributed by atoms with Gasteiger partial charge in [-0.1, -0.05) is 18.2 Å². The SMILES string of the molecule is CCN(CC)/C([S-])=N\N=C1/C(=O)Nc2ccccc21.[Cl][Cu+]. The number of hydrogen-bond donors (Lipinski definition) is 1. The summed E-state index contributed by atoms with van der Waals surface area (Å²) >= 11 is 8.83. The number of anilines is 1. The molecule has 21 heavy (non-hydrogen) atoms. The third-order valence-electron chi connectivity index (χ3n) is 2.91. The van der Waals surface area contributed by atoms with Crippen molar-refractivity contribution in [1.29, 1.82) is 0 Å². The van der Waals surface area contributed by atoms with Crippen LogP contribution in [0.3, 0.4) is 0 Å². The second-order valence-corrected chi connectivity index (χ2v) is 4.37. The summed E-state index contributed by atoms with van der Waals surface area (Å²) in [6.45, 7) is 5.53. The van der Waals surface area contributed by atoms with Gasteiger partial charge in [-0.15, -0.1) is 5.10 Å². The molecule has 5 nitrogen and oxygen atoms in total. The van der Waals surface area contributed by atoms with Crippen LogP contribution in [-0.2, 0) is 32.5 Å². The van der Waals surface area contributed by atoms with Crippen LogP contribution in [0.1, 0.15) is 19.4 Å². The summed E-state index contributed by atoms with van der Waals surface area (Å²) in [7, 11) is 4.20. The van der Waals surface area contributed by atoms with Crippen LogP contribution in [0.15, 0.2) is 34.5 Å². The molecule has 1 N–H and O–H groups in total. The number of halogens is 1. The zero-order chi connectivity index (χ0) is 15.8. The van der Waals surface area contributed by atoms with E-state index < -0.39 is 0 Å². The standard InChI is InChI=1S/C13H16N4OS.ClH.Cu/c1-3-17(4-2)13(19)16-15-11-9-7-5-6-8-10(9)14-12(11)18;;/h5-8H,3-4H2,1-2H3,(H,16,19)(H,14,15,18);1H;/q;;+2/p-2. The number of amidine groups is 1. The van der Waals surface area contributed by atoms with Crippen LogP contribution in [0.2, 0.25) is 0 Å². The summed E-state index contributed by atoms with van der Waals surface area (Å²) < 4.78 is 0. The molecule has 8 heteroatoms. The number of fused-ring (bicyclic) bond motifs is 1. The number of carbonyl (C=O) groups excluding carboxylic acids is 1. The van der Waals surface area contributed by atoms with Gasteiger partial charge in [0.05, 0.1) is 5.69 Å². The van der Waals surface area contributed by atoms with E-state index in [1.54, 1.807) is 0 Å². The summed E-state index contributed by atoms with van der Waals surface area (Å²) in [6, 6.07) is 7.39. The van der Waals surface area contributed by atoms with Gasteiger partial charge in [0.1, 0.15) is 0 Å². The minimum absolute atomic E-state index is 0.243. The Kier molecular flexibility index (Phi) is 7.67. The topological polar surface area (TPSA) is 57.1 Å². The Bertz CT molecular complexity index is 561. The molecule has 1 aromatic rings. The van der Waals surface area contributed by atoms with Crippen molar-refractivity contribution in [3.05, 3.63) is 29.8 Å². The van der Waals surface area contributed by atoms with Gasteiger partial charge in [0.25, 0.3) is 5.91 Å². The Balaban J connectivity index is 0.00000106. The number of carbonyl (C=O) groups is 1. The molecule has 0 aliphatic carbocycles. The van der Waals surface area contributed by atoms with Gasteiger partial charge < -0.3 is 22.8 Å². The average Bonchev–Trinajstić information content (AvgIpc) is 2.84. The Labute approximate surface area is 142 Å². The predicted octanol–water partition coefficient (Wildman–Crippen LogP) is 2.27. The van der Waals surface area contributed by atoms with E-state index in [1.165, 1.54) is 0 Å². The molecule has 1 heterocycles. The molecule has 0 aromatic heterocycles. The molecule has 1 amide bonds. The molecule has 0 saturated carbocycles. The molecule has 1 aliphatic rings. The third kappa shape index (κ3) is 4.41. The summed E-state index contributed by atoms with van der Waals surface area (Å²) in [5.41, 5.74) is 1.83. The molecule has 2 rings (SSSR count). The maximum absolute atomic E-state index is 11.8.